The maximum Gasteiger partial charge on any atom is 0.304 e. The van der Waals surface area contributed by atoms with Gasteiger partial charge in [-0.15, -0.1) is 0 Å². The fourth-order valence-corrected chi connectivity index (χ4v) is 1.96. The Hall–Kier alpha value is -1.72. The van der Waals surface area contributed by atoms with Crippen LogP contribution >= 0.6 is 0 Å². The van der Waals surface area contributed by atoms with Crippen LogP contribution in [0.5, 0.6) is 5.75 Å². The van der Waals surface area contributed by atoms with Crippen molar-refractivity contribution in [1.29, 1.82) is 0 Å². The van der Waals surface area contributed by atoms with E-state index in [2.05, 4.69) is 0 Å². The van der Waals surface area contributed by atoms with Crippen molar-refractivity contribution in [3.63, 3.8) is 0 Å². The van der Waals surface area contributed by atoms with Crippen molar-refractivity contribution < 1.29 is 28.2 Å². The van der Waals surface area contributed by atoms with Crippen molar-refractivity contribution in [2.45, 2.75) is 24.7 Å². The smallest absolute Gasteiger partial charge is 0.304 e. The number of halogens is 3. The average molecular weight is 246 g/mol. The van der Waals surface area contributed by atoms with Crippen molar-refractivity contribution in [1.82, 2.24) is 0 Å². The maximum atomic E-state index is 13.6. The predicted octanol–water partition coefficient (Wildman–Crippen LogP) is 2.32. The normalized spacial score (nSPS) is 16.9. The molecule has 0 unspecified atom stereocenters. The van der Waals surface area contributed by atoms with E-state index >= 15 is 0 Å². The Morgan fingerprint density at radius 3 is 2.35 bits per heavy atom. The third-order valence-corrected chi connectivity index (χ3v) is 3.05. The zero-order valence-electron chi connectivity index (χ0n) is 8.64. The van der Waals surface area contributed by atoms with Crippen molar-refractivity contribution in [2.75, 3.05) is 0 Å². The van der Waals surface area contributed by atoms with Crippen molar-refractivity contribution in [2.24, 2.45) is 0 Å². The number of carboxylic acids is 1. The number of carboxylic acid groups (broad SMARTS) is 1. The fraction of sp³-hybridized carbons (Fsp3) is 0.364. The Morgan fingerprint density at radius 2 is 1.88 bits per heavy atom. The van der Waals surface area contributed by atoms with Crippen LogP contribution in [-0.4, -0.2) is 16.2 Å². The molecule has 0 saturated heterocycles. The zero-order valence-corrected chi connectivity index (χ0v) is 8.64. The van der Waals surface area contributed by atoms with E-state index in [-0.39, 0.29) is 12.0 Å². The Labute approximate surface area is 94.5 Å². The number of carbonyl (C=O) groups is 1. The molecule has 2 rings (SSSR count). The maximum absolute atomic E-state index is 13.6. The second-order valence-corrected chi connectivity index (χ2v) is 4.23. The molecule has 0 spiro atoms. The minimum absolute atomic E-state index is 0.267. The van der Waals surface area contributed by atoms with E-state index in [0.717, 1.165) is 0 Å². The quantitative estimate of drug-likeness (QED) is 0.804. The standard InChI is InChI=1S/C11H9F3O3/c12-6-3-5(8(13)10(17)9(6)14)11(1-2-11)4-7(15)16/h3,17H,1-2,4H2,(H,15,16). The first-order valence-corrected chi connectivity index (χ1v) is 4.96. The molecule has 17 heavy (non-hydrogen) atoms. The SMILES string of the molecule is O=C(O)CC1(c2cc(F)c(F)c(O)c2F)CC1. The molecule has 1 aliphatic carbocycles. The summed E-state index contributed by atoms with van der Waals surface area (Å²) in [6.07, 6.45) is 0.385. The van der Waals surface area contributed by atoms with Crippen LogP contribution in [0.4, 0.5) is 13.2 Å². The summed E-state index contributed by atoms with van der Waals surface area (Å²) in [4.78, 5) is 10.6. The van der Waals surface area contributed by atoms with Crippen LogP contribution in [0.2, 0.25) is 0 Å². The molecule has 0 aliphatic heterocycles. The summed E-state index contributed by atoms with van der Waals surface area (Å²) >= 11 is 0. The predicted molar refractivity (Wildman–Crippen MR) is 51.1 cm³/mol. The van der Waals surface area contributed by atoms with Crippen LogP contribution in [0.1, 0.15) is 24.8 Å². The minimum Gasteiger partial charge on any atom is -0.503 e. The molecule has 0 heterocycles. The van der Waals surface area contributed by atoms with E-state index in [1.807, 2.05) is 0 Å². The average Bonchev–Trinajstić information content (AvgIpc) is 3.00. The number of phenolic OH excluding ortho intramolecular Hbond substituents is 1. The Kier molecular flexibility index (Phi) is 2.52. The van der Waals surface area contributed by atoms with Gasteiger partial charge >= 0.3 is 5.97 Å². The van der Waals surface area contributed by atoms with E-state index in [0.29, 0.717) is 18.9 Å². The van der Waals surface area contributed by atoms with Crippen LogP contribution in [0.25, 0.3) is 0 Å². The van der Waals surface area contributed by atoms with Crippen LogP contribution in [0, 0.1) is 17.5 Å². The highest BCUT2D eigenvalue weighted by Gasteiger charge is 2.48. The number of aromatic hydroxyl groups is 1. The van der Waals surface area contributed by atoms with Gasteiger partial charge in [-0.05, 0) is 18.9 Å². The van der Waals surface area contributed by atoms with Crippen LogP contribution in [0.3, 0.4) is 0 Å². The molecule has 2 N–H and O–H groups in total. The summed E-state index contributed by atoms with van der Waals surface area (Å²) in [5.74, 6) is -6.85. The van der Waals surface area contributed by atoms with Crippen LogP contribution in [0.15, 0.2) is 6.07 Å². The highest BCUT2D eigenvalue weighted by atomic mass is 19.2. The number of hydrogen-bond acceptors (Lipinski definition) is 2. The molecule has 0 bridgehead atoms. The van der Waals surface area contributed by atoms with Gasteiger partial charge in [-0.2, -0.15) is 4.39 Å². The van der Waals surface area contributed by atoms with Gasteiger partial charge in [-0.1, -0.05) is 0 Å². The van der Waals surface area contributed by atoms with E-state index in [9.17, 15) is 18.0 Å². The number of rotatable bonds is 3. The van der Waals surface area contributed by atoms with Gasteiger partial charge in [0.1, 0.15) is 0 Å². The lowest BCUT2D eigenvalue weighted by molar-refractivity contribution is -0.137. The lowest BCUT2D eigenvalue weighted by atomic mass is 9.91. The van der Waals surface area contributed by atoms with Gasteiger partial charge in [0.25, 0.3) is 0 Å². The summed E-state index contributed by atoms with van der Waals surface area (Å²) < 4.78 is 39.5. The highest BCUT2D eigenvalue weighted by Crippen LogP contribution is 2.53. The van der Waals surface area contributed by atoms with Gasteiger partial charge in [-0.25, -0.2) is 8.78 Å². The molecular formula is C11H9F3O3. The van der Waals surface area contributed by atoms with E-state index in [4.69, 9.17) is 10.2 Å². The first-order chi connectivity index (χ1) is 7.87. The van der Waals surface area contributed by atoms with Crippen LogP contribution in [-0.2, 0) is 10.2 Å². The van der Waals surface area contributed by atoms with Gasteiger partial charge in [0.15, 0.2) is 17.4 Å². The van der Waals surface area contributed by atoms with Gasteiger partial charge < -0.3 is 10.2 Å². The fourth-order valence-electron chi connectivity index (χ4n) is 1.96. The minimum atomic E-state index is -1.66. The molecule has 1 fully saturated rings. The third-order valence-electron chi connectivity index (χ3n) is 3.05. The number of hydrogen-bond donors (Lipinski definition) is 2. The molecule has 0 amide bonds. The topological polar surface area (TPSA) is 57.5 Å². The van der Waals surface area contributed by atoms with E-state index in [1.54, 1.807) is 0 Å². The van der Waals surface area contributed by atoms with Crippen molar-refractivity contribution in [3.8, 4) is 5.75 Å². The number of phenols is 1. The van der Waals surface area contributed by atoms with Crippen molar-refractivity contribution >= 4 is 5.97 Å². The molecule has 1 saturated carbocycles. The Morgan fingerprint density at radius 1 is 1.29 bits per heavy atom. The molecule has 0 aromatic heterocycles. The molecular weight excluding hydrogens is 237 g/mol. The summed E-state index contributed by atoms with van der Waals surface area (Å²) in [5, 5.41) is 17.7. The third kappa shape index (κ3) is 1.83. The van der Waals surface area contributed by atoms with Crippen molar-refractivity contribution in [3.05, 3.63) is 29.1 Å². The summed E-state index contributed by atoms with van der Waals surface area (Å²) in [5.41, 5.74) is -1.28. The second-order valence-electron chi connectivity index (χ2n) is 4.23. The molecule has 1 aromatic rings. The second kappa shape index (κ2) is 3.65. The Bertz CT molecular complexity index is 495. The molecule has 1 aromatic carbocycles. The van der Waals surface area contributed by atoms with E-state index in [1.165, 1.54) is 0 Å². The molecule has 6 heteroatoms. The van der Waals surface area contributed by atoms with Gasteiger partial charge in [0.2, 0.25) is 5.82 Å². The Balaban J connectivity index is 2.50. The number of aliphatic carboxylic acids is 1. The summed E-state index contributed by atoms with van der Waals surface area (Å²) in [7, 11) is 0. The first kappa shape index (κ1) is 11.8. The highest BCUT2D eigenvalue weighted by molar-refractivity contribution is 5.70. The van der Waals surface area contributed by atoms with Gasteiger partial charge in [-0.3, -0.25) is 4.79 Å². The number of benzene rings is 1. The first-order valence-electron chi connectivity index (χ1n) is 4.96. The molecule has 92 valence electrons. The molecule has 0 atom stereocenters. The van der Waals surface area contributed by atoms with Gasteiger partial charge in [0.05, 0.1) is 6.42 Å². The zero-order chi connectivity index (χ0) is 12.8. The van der Waals surface area contributed by atoms with Crippen LogP contribution < -0.4 is 0 Å². The summed E-state index contributed by atoms with van der Waals surface area (Å²) in [6.45, 7) is 0. The monoisotopic (exact) mass is 246 g/mol. The molecule has 0 radical (unpaired) electrons. The van der Waals surface area contributed by atoms with E-state index < -0.39 is 34.6 Å². The summed E-state index contributed by atoms with van der Waals surface area (Å²) in [6, 6.07) is 0.625. The molecule has 3 nitrogen and oxygen atoms in total. The molecule has 1 aliphatic rings. The largest absolute Gasteiger partial charge is 0.503 e. The lowest BCUT2D eigenvalue weighted by Gasteiger charge is -2.15. The lowest BCUT2D eigenvalue weighted by Crippen LogP contribution is -2.15. The van der Waals surface area contributed by atoms with Gasteiger partial charge in [0, 0.05) is 11.0 Å².